The fourth-order valence-electron chi connectivity index (χ4n) is 2.14. The van der Waals surface area contributed by atoms with Crippen molar-refractivity contribution in [1.82, 2.24) is 20.1 Å². The number of benzene rings is 1. The molecule has 0 atom stereocenters. The van der Waals surface area contributed by atoms with Crippen LogP contribution in [0.15, 0.2) is 27.8 Å². The highest BCUT2D eigenvalue weighted by Crippen LogP contribution is 2.27. The molecule has 0 aliphatic carbocycles. The Kier molecular flexibility index (Phi) is 3.71. The number of H-pyrrole nitrogens is 1. The van der Waals surface area contributed by atoms with Gasteiger partial charge >= 0.3 is 0 Å². The molecule has 0 radical (unpaired) electrons. The fourth-order valence-corrected chi connectivity index (χ4v) is 2.14. The highest BCUT2D eigenvalue weighted by molar-refractivity contribution is 5.86. The van der Waals surface area contributed by atoms with Gasteiger partial charge in [0.2, 0.25) is 5.89 Å². The normalized spacial score (nSPS) is 10.8. The van der Waals surface area contributed by atoms with Crippen molar-refractivity contribution in [3.8, 4) is 0 Å². The molecular formula is C13H12N6O4. The van der Waals surface area contributed by atoms with Gasteiger partial charge in [-0.05, 0) is 13.0 Å². The predicted octanol–water partition coefficient (Wildman–Crippen LogP) is 1.18. The average Bonchev–Trinajstić information content (AvgIpc) is 2.92. The number of aromatic nitrogens is 4. The van der Waals surface area contributed by atoms with E-state index in [1.807, 2.05) is 0 Å². The summed E-state index contributed by atoms with van der Waals surface area (Å²) in [7, 11) is 0. The monoisotopic (exact) mass is 316 g/mol. The summed E-state index contributed by atoms with van der Waals surface area (Å²) in [6, 6.07) is 2.68. The van der Waals surface area contributed by atoms with Gasteiger partial charge in [0.05, 0.1) is 22.2 Å². The molecule has 3 rings (SSSR count). The minimum Gasteiger partial charge on any atom is -0.379 e. The van der Waals surface area contributed by atoms with Gasteiger partial charge in [0.1, 0.15) is 5.69 Å². The molecule has 2 aromatic heterocycles. The van der Waals surface area contributed by atoms with Crippen LogP contribution in [0.2, 0.25) is 0 Å². The van der Waals surface area contributed by atoms with E-state index in [0.29, 0.717) is 30.2 Å². The smallest absolute Gasteiger partial charge is 0.293 e. The van der Waals surface area contributed by atoms with E-state index in [-0.39, 0.29) is 16.8 Å². The Labute approximate surface area is 128 Å². The topological polar surface area (TPSA) is 140 Å². The largest absolute Gasteiger partial charge is 0.379 e. The minimum atomic E-state index is -0.551. The lowest BCUT2D eigenvalue weighted by atomic mass is 10.2. The highest BCUT2D eigenvalue weighted by atomic mass is 16.6. The third kappa shape index (κ3) is 3.00. The van der Waals surface area contributed by atoms with Crippen LogP contribution in [0.5, 0.6) is 0 Å². The first-order valence-electron chi connectivity index (χ1n) is 6.73. The summed E-state index contributed by atoms with van der Waals surface area (Å²) < 4.78 is 4.97. The van der Waals surface area contributed by atoms with E-state index in [2.05, 4.69) is 25.4 Å². The zero-order valence-electron chi connectivity index (χ0n) is 12.1. The molecule has 2 heterocycles. The van der Waals surface area contributed by atoms with E-state index in [9.17, 15) is 14.9 Å². The second-order valence-corrected chi connectivity index (χ2v) is 4.79. The van der Waals surface area contributed by atoms with Gasteiger partial charge in [-0.1, -0.05) is 5.16 Å². The molecule has 1 aromatic carbocycles. The van der Waals surface area contributed by atoms with Crippen LogP contribution < -0.4 is 10.9 Å². The number of hydrogen-bond donors (Lipinski definition) is 2. The summed E-state index contributed by atoms with van der Waals surface area (Å²) in [4.78, 5) is 32.8. The van der Waals surface area contributed by atoms with Crippen molar-refractivity contribution in [2.75, 3.05) is 11.9 Å². The van der Waals surface area contributed by atoms with Gasteiger partial charge in [0.15, 0.2) is 5.82 Å². The predicted molar refractivity (Wildman–Crippen MR) is 80.2 cm³/mol. The summed E-state index contributed by atoms with van der Waals surface area (Å²) in [5.74, 6) is 0.966. The molecule has 0 bridgehead atoms. The molecule has 0 aliphatic rings. The molecule has 2 N–H and O–H groups in total. The zero-order chi connectivity index (χ0) is 16.4. The van der Waals surface area contributed by atoms with E-state index in [4.69, 9.17) is 4.52 Å². The number of aromatic amines is 1. The summed E-state index contributed by atoms with van der Waals surface area (Å²) in [5, 5.41) is 18.0. The first-order chi connectivity index (χ1) is 11.0. The first kappa shape index (κ1) is 14.6. The Hall–Kier alpha value is -3.30. The quantitative estimate of drug-likeness (QED) is 0.528. The number of rotatable bonds is 5. The maximum Gasteiger partial charge on any atom is 0.293 e. The third-order valence-electron chi connectivity index (χ3n) is 3.18. The van der Waals surface area contributed by atoms with Crippen LogP contribution >= 0.6 is 0 Å². The van der Waals surface area contributed by atoms with Crippen LogP contribution in [0, 0.1) is 17.0 Å². The number of nitro benzene ring substituents is 1. The van der Waals surface area contributed by atoms with Gasteiger partial charge in [0, 0.05) is 19.0 Å². The molecule has 10 heteroatoms. The molecule has 10 nitrogen and oxygen atoms in total. The van der Waals surface area contributed by atoms with Crippen LogP contribution in [0.4, 0.5) is 11.4 Å². The molecule has 0 unspecified atom stereocenters. The maximum absolute atomic E-state index is 11.7. The minimum absolute atomic E-state index is 0.164. The lowest BCUT2D eigenvalue weighted by Gasteiger charge is -2.07. The molecule has 0 amide bonds. The van der Waals surface area contributed by atoms with Crippen molar-refractivity contribution >= 4 is 22.3 Å². The molecule has 0 aliphatic heterocycles. The fraction of sp³-hybridized carbons (Fsp3) is 0.231. The standard InChI is InChI=1S/C13H12N6O4/c1-7-17-12(23-18-7)2-3-14-10-5-9-8(4-11(10)19(21)22)13(20)16-6-15-9/h4-6,14H,2-3H2,1H3,(H,15,16,20). The molecule has 0 saturated carbocycles. The van der Waals surface area contributed by atoms with Crippen molar-refractivity contribution < 1.29 is 9.45 Å². The van der Waals surface area contributed by atoms with E-state index < -0.39 is 10.5 Å². The van der Waals surface area contributed by atoms with Gasteiger partial charge in [0.25, 0.3) is 11.2 Å². The second kappa shape index (κ2) is 5.83. The molecular weight excluding hydrogens is 304 g/mol. The van der Waals surface area contributed by atoms with Crippen LogP contribution in [-0.2, 0) is 6.42 Å². The summed E-state index contributed by atoms with van der Waals surface area (Å²) in [6.45, 7) is 2.06. The molecule has 0 fully saturated rings. The van der Waals surface area contributed by atoms with E-state index in [1.165, 1.54) is 18.5 Å². The van der Waals surface area contributed by atoms with Crippen molar-refractivity contribution in [2.45, 2.75) is 13.3 Å². The first-order valence-corrected chi connectivity index (χ1v) is 6.73. The van der Waals surface area contributed by atoms with Gasteiger partial charge < -0.3 is 14.8 Å². The third-order valence-corrected chi connectivity index (χ3v) is 3.18. The number of hydrogen-bond acceptors (Lipinski definition) is 8. The second-order valence-electron chi connectivity index (χ2n) is 4.79. The van der Waals surface area contributed by atoms with E-state index >= 15 is 0 Å². The average molecular weight is 316 g/mol. The van der Waals surface area contributed by atoms with Crippen LogP contribution in [0.3, 0.4) is 0 Å². The van der Waals surface area contributed by atoms with Crippen molar-refractivity contribution in [3.63, 3.8) is 0 Å². The molecule has 3 aromatic rings. The van der Waals surface area contributed by atoms with Crippen LogP contribution in [-0.4, -0.2) is 31.6 Å². The van der Waals surface area contributed by atoms with E-state index in [0.717, 1.165) is 0 Å². The SMILES string of the molecule is Cc1noc(CCNc2cc3nc[nH]c(=O)c3cc2[N+](=O)[O-])n1. The zero-order valence-corrected chi connectivity index (χ0v) is 12.1. The number of fused-ring (bicyclic) bond motifs is 1. The summed E-state index contributed by atoms with van der Waals surface area (Å²) in [6.07, 6.45) is 1.67. The van der Waals surface area contributed by atoms with Crippen molar-refractivity contribution in [3.05, 3.63) is 50.6 Å². The molecule has 118 valence electrons. The lowest BCUT2D eigenvalue weighted by molar-refractivity contribution is -0.383. The number of anilines is 1. The molecule has 0 spiro atoms. The molecule has 23 heavy (non-hydrogen) atoms. The van der Waals surface area contributed by atoms with Crippen LogP contribution in [0.1, 0.15) is 11.7 Å². The van der Waals surface area contributed by atoms with Gasteiger partial charge in [-0.15, -0.1) is 0 Å². The lowest BCUT2D eigenvalue weighted by Crippen LogP contribution is -2.10. The summed E-state index contributed by atoms with van der Waals surface area (Å²) in [5.41, 5.74) is 0.0241. The van der Waals surface area contributed by atoms with Crippen molar-refractivity contribution in [1.29, 1.82) is 0 Å². The Bertz CT molecular complexity index is 932. The van der Waals surface area contributed by atoms with Crippen molar-refractivity contribution in [2.24, 2.45) is 0 Å². The van der Waals surface area contributed by atoms with E-state index in [1.54, 1.807) is 6.92 Å². The van der Waals surface area contributed by atoms with Crippen LogP contribution in [0.25, 0.3) is 10.9 Å². The Morgan fingerprint density at radius 3 is 2.96 bits per heavy atom. The number of nitro groups is 1. The maximum atomic E-state index is 11.7. The number of nitrogens with zero attached hydrogens (tertiary/aromatic N) is 4. The number of nitrogens with one attached hydrogen (secondary N) is 2. The highest BCUT2D eigenvalue weighted by Gasteiger charge is 2.17. The molecule has 0 saturated heterocycles. The number of aryl methyl sites for hydroxylation is 1. The summed E-state index contributed by atoms with van der Waals surface area (Å²) >= 11 is 0. The van der Waals surface area contributed by atoms with Gasteiger partial charge in [-0.2, -0.15) is 4.98 Å². The van der Waals surface area contributed by atoms with Gasteiger partial charge in [-0.25, -0.2) is 4.98 Å². The Balaban J connectivity index is 1.88. The Morgan fingerprint density at radius 2 is 2.26 bits per heavy atom. The Morgan fingerprint density at radius 1 is 1.43 bits per heavy atom. The van der Waals surface area contributed by atoms with Gasteiger partial charge in [-0.3, -0.25) is 14.9 Å².